The summed E-state index contributed by atoms with van der Waals surface area (Å²) in [7, 11) is 1.55. The van der Waals surface area contributed by atoms with Crippen LogP contribution in [0.15, 0.2) is 65.5 Å². The summed E-state index contributed by atoms with van der Waals surface area (Å²) in [6.45, 7) is 1.45. The van der Waals surface area contributed by atoms with Crippen LogP contribution in [0.4, 0.5) is 11.4 Å². The number of nitrogens with one attached hydrogen (secondary N) is 2. The van der Waals surface area contributed by atoms with Crippen molar-refractivity contribution in [2.75, 3.05) is 17.7 Å². The van der Waals surface area contributed by atoms with Crippen molar-refractivity contribution in [1.82, 2.24) is 4.98 Å². The van der Waals surface area contributed by atoms with Crippen LogP contribution in [0, 0.1) is 0 Å². The molecule has 0 radical (unpaired) electrons. The SMILES string of the molecule is COc1cc(NC(=O)/C=C/c2ccc(NC(C)=O)cc2)ccc1-c1cnco1. The van der Waals surface area contributed by atoms with Crippen molar-refractivity contribution in [2.24, 2.45) is 0 Å². The van der Waals surface area contributed by atoms with Crippen LogP contribution in [-0.4, -0.2) is 23.9 Å². The van der Waals surface area contributed by atoms with Crippen molar-refractivity contribution in [1.29, 1.82) is 0 Å². The molecule has 3 rings (SSSR count). The summed E-state index contributed by atoms with van der Waals surface area (Å²) in [6, 6.07) is 12.4. The number of aromatic nitrogens is 1. The third-order valence-electron chi connectivity index (χ3n) is 3.83. The zero-order chi connectivity index (χ0) is 19.9. The monoisotopic (exact) mass is 377 g/mol. The number of oxazole rings is 1. The van der Waals surface area contributed by atoms with E-state index in [1.54, 1.807) is 49.7 Å². The highest BCUT2D eigenvalue weighted by Crippen LogP contribution is 2.32. The second-order valence-corrected chi connectivity index (χ2v) is 5.91. The Labute approximate surface area is 162 Å². The van der Waals surface area contributed by atoms with Crippen molar-refractivity contribution >= 4 is 29.3 Å². The third-order valence-corrected chi connectivity index (χ3v) is 3.83. The molecule has 7 nitrogen and oxygen atoms in total. The molecule has 1 aromatic heterocycles. The lowest BCUT2D eigenvalue weighted by Crippen LogP contribution is -2.08. The number of benzene rings is 2. The van der Waals surface area contributed by atoms with Crippen LogP contribution in [0.2, 0.25) is 0 Å². The number of carbonyl (C=O) groups is 2. The molecule has 0 unspecified atom stereocenters. The van der Waals surface area contributed by atoms with E-state index in [4.69, 9.17) is 9.15 Å². The summed E-state index contributed by atoms with van der Waals surface area (Å²) in [5.41, 5.74) is 2.87. The number of methoxy groups -OCH3 is 1. The molecule has 0 aliphatic carbocycles. The normalized spacial score (nSPS) is 10.6. The number of nitrogens with zero attached hydrogens (tertiary/aromatic N) is 1. The topological polar surface area (TPSA) is 93.5 Å². The van der Waals surface area contributed by atoms with Gasteiger partial charge in [-0.1, -0.05) is 12.1 Å². The van der Waals surface area contributed by atoms with Gasteiger partial charge in [-0.05, 0) is 35.9 Å². The highest BCUT2D eigenvalue weighted by atomic mass is 16.5. The fourth-order valence-electron chi connectivity index (χ4n) is 2.56. The molecule has 0 fully saturated rings. The maximum absolute atomic E-state index is 12.2. The lowest BCUT2D eigenvalue weighted by Gasteiger charge is -2.09. The van der Waals surface area contributed by atoms with Gasteiger partial charge in [0.15, 0.2) is 12.2 Å². The molecule has 3 aromatic rings. The van der Waals surface area contributed by atoms with Gasteiger partial charge >= 0.3 is 0 Å². The molecule has 0 saturated heterocycles. The fourth-order valence-corrected chi connectivity index (χ4v) is 2.56. The highest BCUT2D eigenvalue weighted by Gasteiger charge is 2.10. The molecule has 0 aliphatic rings. The van der Waals surface area contributed by atoms with Gasteiger partial charge in [-0.15, -0.1) is 0 Å². The van der Waals surface area contributed by atoms with E-state index in [-0.39, 0.29) is 11.8 Å². The predicted octanol–water partition coefficient (Wildman–Crippen LogP) is 3.96. The highest BCUT2D eigenvalue weighted by molar-refractivity contribution is 6.02. The van der Waals surface area contributed by atoms with Gasteiger partial charge in [-0.2, -0.15) is 0 Å². The van der Waals surface area contributed by atoms with Crippen molar-refractivity contribution in [3.8, 4) is 17.1 Å². The molecule has 1 heterocycles. The van der Waals surface area contributed by atoms with Crippen molar-refractivity contribution < 1.29 is 18.7 Å². The van der Waals surface area contributed by atoms with Gasteiger partial charge in [0.1, 0.15) is 5.75 Å². The fraction of sp³-hybridized carbons (Fsp3) is 0.0952. The van der Waals surface area contributed by atoms with Crippen LogP contribution < -0.4 is 15.4 Å². The smallest absolute Gasteiger partial charge is 0.248 e. The molecule has 2 N–H and O–H groups in total. The molecule has 0 spiro atoms. The van der Waals surface area contributed by atoms with Crippen LogP contribution in [-0.2, 0) is 9.59 Å². The van der Waals surface area contributed by atoms with E-state index in [9.17, 15) is 9.59 Å². The van der Waals surface area contributed by atoms with E-state index in [2.05, 4.69) is 15.6 Å². The van der Waals surface area contributed by atoms with Crippen LogP contribution in [0.5, 0.6) is 5.75 Å². The summed E-state index contributed by atoms with van der Waals surface area (Å²) in [5.74, 6) is 0.734. The first-order valence-electron chi connectivity index (χ1n) is 8.49. The first kappa shape index (κ1) is 18.9. The Morgan fingerprint density at radius 1 is 1.07 bits per heavy atom. The second-order valence-electron chi connectivity index (χ2n) is 5.91. The lowest BCUT2D eigenvalue weighted by atomic mass is 10.1. The van der Waals surface area contributed by atoms with Gasteiger partial charge in [0, 0.05) is 30.4 Å². The first-order valence-corrected chi connectivity index (χ1v) is 8.49. The summed E-state index contributed by atoms with van der Waals surface area (Å²) in [6.07, 6.45) is 6.06. The van der Waals surface area contributed by atoms with Crippen LogP contribution in [0.25, 0.3) is 17.4 Å². The number of hydrogen-bond acceptors (Lipinski definition) is 5. The van der Waals surface area contributed by atoms with E-state index in [1.165, 1.54) is 19.4 Å². The zero-order valence-electron chi connectivity index (χ0n) is 15.4. The Kier molecular flexibility index (Phi) is 5.86. The molecule has 0 atom stereocenters. The Morgan fingerprint density at radius 3 is 2.46 bits per heavy atom. The molecule has 142 valence electrons. The summed E-state index contributed by atoms with van der Waals surface area (Å²) < 4.78 is 10.7. The number of ether oxygens (including phenoxy) is 1. The van der Waals surface area contributed by atoms with Crippen molar-refractivity contribution in [2.45, 2.75) is 6.92 Å². The van der Waals surface area contributed by atoms with E-state index in [1.807, 2.05) is 12.1 Å². The maximum atomic E-state index is 12.2. The quantitative estimate of drug-likeness (QED) is 0.634. The standard InChI is InChI=1S/C21H19N3O4/c1-14(25)23-16-6-3-15(4-7-16)5-10-21(26)24-17-8-9-18(19(11-17)27-2)20-12-22-13-28-20/h3-13H,1-2H3,(H,23,25)(H,24,26)/b10-5+. The number of carbonyl (C=O) groups excluding carboxylic acids is 2. The van der Waals surface area contributed by atoms with E-state index in [0.717, 1.165) is 11.1 Å². The lowest BCUT2D eigenvalue weighted by molar-refractivity contribution is -0.114. The summed E-state index contributed by atoms with van der Waals surface area (Å²) >= 11 is 0. The molecule has 2 amide bonds. The van der Waals surface area contributed by atoms with Gasteiger partial charge in [-0.25, -0.2) is 4.98 Å². The van der Waals surface area contributed by atoms with Gasteiger partial charge in [0.05, 0.1) is 18.9 Å². The van der Waals surface area contributed by atoms with Crippen molar-refractivity contribution in [3.05, 3.63) is 66.7 Å². The Morgan fingerprint density at radius 2 is 1.82 bits per heavy atom. The Hall–Kier alpha value is -3.87. The van der Waals surface area contributed by atoms with E-state index < -0.39 is 0 Å². The molecule has 0 bridgehead atoms. The zero-order valence-corrected chi connectivity index (χ0v) is 15.4. The molecular weight excluding hydrogens is 358 g/mol. The average Bonchev–Trinajstić information content (AvgIpc) is 3.21. The maximum Gasteiger partial charge on any atom is 0.248 e. The van der Waals surface area contributed by atoms with Gasteiger partial charge in [0.2, 0.25) is 11.8 Å². The average molecular weight is 377 g/mol. The minimum absolute atomic E-state index is 0.132. The molecule has 7 heteroatoms. The number of hydrogen-bond donors (Lipinski definition) is 2. The molecule has 0 saturated carbocycles. The Balaban J connectivity index is 1.66. The second kappa shape index (κ2) is 8.68. The summed E-state index contributed by atoms with van der Waals surface area (Å²) in [5, 5.41) is 5.48. The number of rotatable bonds is 6. The van der Waals surface area contributed by atoms with Gasteiger partial charge in [0.25, 0.3) is 0 Å². The van der Waals surface area contributed by atoms with Gasteiger partial charge in [-0.3, -0.25) is 9.59 Å². The van der Waals surface area contributed by atoms with Crippen LogP contribution in [0.3, 0.4) is 0 Å². The van der Waals surface area contributed by atoms with Crippen LogP contribution >= 0.6 is 0 Å². The number of anilines is 2. The van der Waals surface area contributed by atoms with E-state index >= 15 is 0 Å². The van der Waals surface area contributed by atoms with Crippen LogP contribution in [0.1, 0.15) is 12.5 Å². The predicted molar refractivity (Wildman–Crippen MR) is 107 cm³/mol. The minimum atomic E-state index is -0.277. The molecule has 28 heavy (non-hydrogen) atoms. The largest absolute Gasteiger partial charge is 0.496 e. The molecule has 2 aromatic carbocycles. The summed E-state index contributed by atoms with van der Waals surface area (Å²) in [4.78, 5) is 27.1. The number of amides is 2. The Bertz CT molecular complexity index is 993. The minimum Gasteiger partial charge on any atom is -0.496 e. The third kappa shape index (κ3) is 4.85. The van der Waals surface area contributed by atoms with E-state index in [0.29, 0.717) is 22.9 Å². The van der Waals surface area contributed by atoms with Gasteiger partial charge < -0.3 is 19.8 Å². The molecular formula is C21H19N3O4. The van der Waals surface area contributed by atoms with Crippen molar-refractivity contribution in [3.63, 3.8) is 0 Å². The first-order chi connectivity index (χ1) is 13.5. The molecule has 0 aliphatic heterocycles.